The van der Waals surface area contributed by atoms with Crippen LogP contribution in [0.3, 0.4) is 0 Å². The molecule has 2 saturated heterocycles. The van der Waals surface area contributed by atoms with Gasteiger partial charge in [-0.1, -0.05) is 46.1 Å². The van der Waals surface area contributed by atoms with E-state index >= 15 is 0 Å². The molecule has 0 spiro atoms. The lowest BCUT2D eigenvalue weighted by atomic mass is 9.82. The zero-order valence-corrected chi connectivity index (χ0v) is 23.0. The molecule has 9 heteroatoms. The van der Waals surface area contributed by atoms with Crippen molar-refractivity contribution in [3.8, 4) is 0 Å². The van der Waals surface area contributed by atoms with Crippen LogP contribution in [0.1, 0.15) is 40.5 Å². The average Bonchev–Trinajstić information content (AvgIpc) is 3.37. The summed E-state index contributed by atoms with van der Waals surface area (Å²) in [5.41, 5.74) is 1.22. The molecule has 0 N–H and O–H groups in total. The maximum absolute atomic E-state index is 13.4. The fourth-order valence-corrected chi connectivity index (χ4v) is 6.42. The molecule has 35 heavy (non-hydrogen) atoms. The Bertz CT molecular complexity index is 921. The number of esters is 1. The number of nitrogens with zero attached hydrogens (tertiary/aromatic N) is 2. The molecule has 0 radical (unpaired) electrons. The molecule has 0 aromatic heterocycles. The highest BCUT2D eigenvalue weighted by atomic mass is 28.4. The number of hydrogen-bond acceptors (Lipinski definition) is 6. The van der Waals surface area contributed by atoms with E-state index in [2.05, 4.69) is 47.0 Å². The van der Waals surface area contributed by atoms with Crippen molar-refractivity contribution >= 4 is 26.3 Å². The fourth-order valence-electron chi connectivity index (χ4n) is 4.99. The fraction of sp³-hybridized carbons (Fsp3) is 0.654. The third-order valence-corrected chi connectivity index (χ3v) is 12.4. The van der Waals surface area contributed by atoms with Gasteiger partial charge in [0.2, 0.25) is 5.91 Å². The van der Waals surface area contributed by atoms with Crippen molar-refractivity contribution in [3.05, 3.63) is 36.6 Å². The summed E-state index contributed by atoms with van der Waals surface area (Å²) >= 11 is 0. The number of amides is 2. The van der Waals surface area contributed by atoms with Gasteiger partial charge in [0.15, 0.2) is 8.32 Å². The Hall–Kier alpha value is -2.39. The Kier molecular flexibility index (Phi) is 8.01. The van der Waals surface area contributed by atoms with Gasteiger partial charge in [0, 0.05) is 19.0 Å². The van der Waals surface area contributed by atoms with E-state index in [1.165, 1.54) is 12.2 Å². The number of fused-ring (bicyclic) bond motifs is 1. The van der Waals surface area contributed by atoms with E-state index < -0.39 is 20.4 Å². The van der Waals surface area contributed by atoms with Crippen LogP contribution < -0.4 is 0 Å². The highest BCUT2D eigenvalue weighted by Gasteiger charge is 2.59. The summed E-state index contributed by atoms with van der Waals surface area (Å²) in [5, 5.41) is 0.0278. The van der Waals surface area contributed by atoms with Crippen molar-refractivity contribution in [1.82, 2.24) is 9.80 Å². The standard InChI is InChI=1S/C26H40N2O6Si/c1-9-13-32-24(30)22-19(18-11-12-27(16-18)25(31)33-14-10-2)15-20-21(23(29)28(20)22)17(3)34-35(7,8)26(4,5)6/h9-10,17-18,20-21H,1-2,11-16H2,3-8H3/t17-,18-,20-,21-/m1/s1. The summed E-state index contributed by atoms with van der Waals surface area (Å²) < 4.78 is 17.1. The van der Waals surface area contributed by atoms with Gasteiger partial charge in [-0.2, -0.15) is 0 Å². The lowest BCUT2D eigenvalue weighted by Gasteiger charge is -2.49. The van der Waals surface area contributed by atoms with Crippen LogP contribution in [0.15, 0.2) is 36.6 Å². The largest absolute Gasteiger partial charge is 0.457 e. The van der Waals surface area contributed by atoms with Crippen LogP contribution in [0, 0.1) is 11.8 Å². The molecule has 8 nitrogen and oxygen atoms in total. The van der Waals surface area contributed by atoms with E-state index in [4.69, 9.17) is 13.9 Å². The summed E-state index contributed by atoms with van der Waals surface area (Å²) in [5.74, 6) is -0.950. The molecule has 0 aliphatic carbocycles. The van der Waals surface area contributed by atoms with E-state index in [0.29, 0.717) is 31.6 Å². The van der Waals surface area contributed by atoms with Crippen LogP contribution in [0.2, 0.25) is 18.1 Å². The first kappa shape index (κ1) is 27.2. The van der Waals surface area contributed by atoms with E-state index in [-0.39, 0.29) is 48.1 Å². The molecular weight excluding hydrogens is 464 g/mol. The first-order valence-electron chi connectivity index (χ1n) is 12.4. The highest BCUT2D eigenvalue weighted by Crippen LogP contribution is 2.49. The van der Waals surface area contributed by atoms with Crippen molar-refractivity contribution in [2.45, 2.75) is 70.8 Å². The smallest absolute Gasteiger partial charge is 0.410 e. The quantitative estimate of drug-likeness (QED) is 0.202. The van der Waals surface area contributed by atoms with Gasteiger partial charge in [0.05, 0.1) is 18.1 Å². The second-order valence-corrected chi connectivity index (χ2v) is 15.9. The molecule has 0 aromatic carbocycles. The molecule has 0 aromatic rings. The summed E-state index contributed by atoms with van der Waals surface area (Å²) in [6, 6.07) is -0.134. The third kappa shape index (κ3) is 5.26. The van der Waals surface area contributed by atoms with Gasteiger partial charge in [0.25, 0.3) is 0 Å². The summed E-state index contributed by atoms with van der Waals surface area (Å²) in [6.07, 6.45) is 3.68. The molecule has 4 atom stereocenters. The van der Waals surface area contributed by atoms with Crippen molar-refractivity contribution in [3.63, 3.8) is 0 Å². The van der Waals surface area contributed by atoms with Crippen LogP contribution in [0.4, 0.5) is 4.79 Å². The Morgan fingerprint density at radius 3 is 2.40 bits per heavy atom. The molecule has 0 unspecified atom stereocenters. The Balaban J connectivity index is 1.80. The molecule has 3 rings (SSSR count). The lowest BCUT2D eigenvalue weighted by Crippen LogP contribution is -2.63. The van der Waals surface area contributed by atoms with Crippen LogP contribution in [0.25, 0.3) is 0 Å². The van der Waals surface area contributed by atoms with E-state index in [1.807, 2.05) is 6.92 Å². The first-order chi connectivity index (χ1) is 16.3. The molecule has 3 heterocycles. The molecule has 2 fully saturated rings. The van der Waals surface area contributed by atoms with Crippen LogP contribution in [0.5, 0.6) is 0 Å². The second-order valence-electron chi connectivity index (χ2n) is 11.1. The van der Waals surface area contributed by atoms with Gasteiger partial charge in [-0.25, -0.2) is 9.59 Å². The van der Waals surface area contributed by atoms with E-state index in [0.717, 1.165) is 5.57 Å². The molecular formula is C26H40N2O6Si. The van der Waals surface area contributed by atoms with Crippen molar-refractivity contribution in [2.75, 3.05) is 26.3 Å². The molecule has 2 amide bonds. The third-order valence-electron chi connectivity index (χ3n) is 7.82. The zero-order chi connectivity index (χ0) is 26.1. The van der Waals surface area contributed by atoms with Gasteiger partial charge in [-0.15, -0.1) is 0 Å². The van der Waals surface area contributed by atoms with Gasteiger partial charge in [0.1, 0.15) is 18.9 Å². The minimum Gasteiger partial charge on any atom is -0.457 e. The topological polar surface area (TPSA) is 85.4 Å². The zero-order valence-electron chi connectivity index (χ0n) is 22.0. The van der Waals surface area contributed by atoms with Crippen LogP contribution >= 0.6 is 0 Å². The van der Waals surface area contributed by atoms with Gasteiger partial charge in [-0.05, 0) is 43.5 Å². The molecule has 0 bridgehead atoms. The second kappa shape index (κ2) is 10.3. The number of ether oxygens (including phenoxy) is 2. The summed E-state index contributed by atoms with van der Waals surface area (Å²) in [6.45, 7) is 21.2. The lowest BCUT2D eigenvalue weighted by molar-refractivity contribution is -0.161. The summed E-state index contributed by atoms with van der Waals surface area (Å²) in [7, 11) is -2.07. The first-order valence-corrected chi connectivity index (χ1v) is 15.3. The van der Waals surface area contributed by atoms with Gasteiger partial charge < -0.3 is 23.7 Å². The predicted molar refractivity (Wildman–Crippen MR) is 136 cm³/mol. The minimum atomic E-state index is -2.07. The maximum Gasteiger partial charge on any atom is 0.410 e. The van der Waals surface area contributed by atoms with Crippen LogP contribution in [-0.2, 0) is 23.5 Å². The predicted octanol–water partition coefficient (Wildman–Crippen LogP) is 4.26. The van der Waals surface area contributed by atoms with Gasteiger partial charge >= 0.3 is 12.1 Å². The Morgan fingerprint density at radius 1 is 1.17 bits per heavy atom. The number of likely N-dealkylation sites (tertiary alicyclic amines) is 1. The van der Waals surface area contributed by atoms with Crippen molar-refractivity contribution in [1.29, 1.82) is 0 Å². The molecule has 194 valence electrons. The van der Waals surface area contributed by atoms with Crippen molar-refractivity contribution < 1.29 is 28.3 Å². The van der Waals surface area contributed by atoms with Crippen molar-refractivity contribution in [2.24, 2.45) is 11.8 Å². The number of rotatable bonds is 9. The SMILES string of the molecule is C=CCOC(=O)C1=C([C@@H]2CCN(C(=O)OCC=C)C2)C[C@@H]2[C@@H]([C@@H](C)O[Si](C)(C)C(C)(C)C)C(=O)N12. The average molecular weight is 505 g/mol. The van der Waals surface area contributed by atoms with E-state index in [1.54, 1.807) is 9.80 Å². The van der Waals surface area contributed by atoms with Gasteiger partial charge in [-0.3, -0.25) is 4.79 Å². The molecule has 3 aliphatic rings. The summed E-state index contributed by atoms with van der Waals surface area (Å²) in [4.78, 5) is 42.0. The van der Waals surface area contributed by atoms with E-state index in [9.17, 15) is 14.4 Å². The minimum absolute atomic E-state index is 0.0278. The number of carbonyl (C=O) groups is 3. The maximum atomic E-state index is 13.4. The molecule has 0 saturated carbocycles. The number of carbonyl (C=O) groups excluding carboxylic acids is 3. The number of β-lactam (4-membered cyclic amide) rings is 1. The Labute approximate surface area is 210 Å². The monoisotopic (exact) mass is 504 g/mol. The normalized spacial score (nSPS) is 25.2. The number of hydrogen-bond donors (Lipinski definition) is 0. The highest BCUT2D eigenvalue weighted by molar-refractivity contribution is 6.74. The molecule has 3 aliphatic heterocycles. The van der Waals surface area contributed by atoms with Crippen LogP contribution in [-0.4, -0.2) is 74.5 Å². The Morgan fingerprint density at radius 2 is 1.80 bits per heavy atom.